The van der Waals surface area contributed by atoms with Gasteiger partial charge in [-0.3, -0.25) is 18.2 Å². The van der Waals surface area contributed by atoms with Crippen LogP contribution < -0.4 is 15.8 Å². The Bertz CT molecular complexity index is 2120. The van der Waals surface area contributed by atoms with Crippen molar-refractivity contribution >= 4 is 30.7 Å². The van der Waals surface area contributed by atoms with E-state index in [1.807, 2.05) is 7.05 Å². The van der Waals surface area contributed by atoms with Crippen LogP contribution in [0.1, 0.15) is 43.2 Å². The Balaban J connectivity index is 1.66. The summed E-state index contributed by atoms with van der Waals surface area (Å²) in [6.07, 6.45) is 4.91. The van der Waals surface area contributed by atoms with E-state index in [1.54, 1.807) is 39.1 Å². The molecule has 0 aromatic carbocycles. The Morgan fingerprint density at radius 2 is 1.94 bits per heavy atom. The minimum Gasteiger partial charge on any atom is -0.477 e. The van der Waals surface area contributed by atoms with E-state index in [9.17, 15) is 28.5 Å². The molecular formula is C34H39F2N6O7P. The molecule has 2 saturated heterocycles. The molecule has 3 atom stereocenters. The van der Waals surface area contributed by atoms with Gasteiger partial charge in [-0.05, 0) is 64.4 Å². The average Bonchev–Trinajstić information content (AvgIpc) is 3.69. The second-order valence-corrected chi connectivity index (χ2v) is 15.0. The van der Waals surface area contributed by atoms with Gasteiger partial charge in [0.25, 0.3) is 5.56 Å². The highest BCUT2D eigenvalue weighted by atomic mass is 31.2. The summed E-state index contributed by atoms with van der Waals surface area (Å²) < 4.78 is 57.3. The lowest BCUT2D eigenvalue weighted by molar-refractivity contribution is 0.0486. The van der Waals surface area contributed by atoms with Gasteiger partial charge in [-0.2, -0.15) is 0 Å². The number of phosphoric ester groups is 1. The predicted molar refractivity (Wildman–Crippen MR) is 184 cm³/mol. The zero-order valence-electron chi connectivity index (χ0n) is 28.3. The fourth-order valence-electron chi connectivity index (χ4n) is 6.93. The van der Waals surface area contributed by atoms with Crippen molar-refractivity contribution in [2.45, 2.75) is 45.6 Å². The summed E-state index contributed by atoms with van der Waals surface area (Å²) in [5.41, 5.74) is -0.671. The maximum atomic E-state index is 17.0. The highest BCUT2D eigenvalue weighted by molar-refractivity contribution is 7.47. The van der Waals surface area contributed by atoms with Crippen molar-refractivity contribution in [1.82, 2.24) is 24.2 Å². The molecule has 2 fully saturated rings. The van der Waals surface area contributed by atoms with Gasteiger partial charge in [-0.15, -0.1) is 0 Å². The van der Waals surface area contributed by atoms with E-state index in [4.69, 9.17) is 9.05 Å². The van der Waals surface area contributed by atoms with E-state index in [0.29, 0.717) is 41.3 Å². The Kier molecular flexibility index (Phi) is 9.25. The number of carboxylic acid groups (broad SMARTS) is 1. The second kappa shape index (κ2) is 13.1. The molecule has 2 aromatic heterocycles. The molecule has 0 saturated carbocycles. The van der Waals surface area contributed by atoms with Crippen LogP contribution in [0.4, 0.5) is 14.5 Å². The number of anilines is 1. The molecule has 2 aromatic rings. The van der Waals surface area contributed by atoms with Gasteiger partial charge in [-0.25, -0.2) is 23.1 Å². The molecule has 0 spiro atoms. The first kappa shape index (κ1) is 35.4. The normalized spacial score (nSPS) is 19.7. The number of pyridine rings is 3. The van der Waals surface area contributed by atoms with Crippen LogP contribution in [0.2, 0.25) is 0 Å². The summed E-state index contributed by atoms with van der Waals surface area (Å²) in [4.78, 5) is 44.6. The first-order valence-electron chi connectivity index (χ1n) is 16.0. The van der Waals surface area contributed by atoms with Gasteiger partial charge >= 0.3 is 13.8 Å². The summed E-state index contributed by atoms with van der Waals surface area (Å²) in [7, 11) is -1.14. The number of carboxylic acids is 1. The highest BCUT2D eigenvalue weighted by Gasteiger charge is 2.43. The summed E-state index contributed by atoms with van der Waals surface area (Å²) in [5.74, 6) is -2.67. The molecule has 6 rings (SSSR count). The first-order valence-corrected chi connectivity index (χ1v) is 17.5. The van der Waals surface area contributed by atoms with Crippen molar-refractivity contribution in [2.24, 2.45) is 5.92 Å². The number of hydrogen-bond donors (Lipinski definition) is 3. The Hall–Kier alpha value is -4.40. The summed E-state index contributed by atoms with van der Waals surface area (Å²) in [6.45, 7) is 9.55. The van der Waals surface area contributed by atoms with Crippen LogP contribution in [0.15, 0.2) is 59.9 Å². The van der Waals surface area contributed by atoms with Crippen molar-refractivity contribution in [3.8, 4) is 22.5 Å². The molecule has 3 N–H and O–H groups in total. The van der Waals surface area contributed by atoms with E-state index >= 15 is 4.39 Å². The van der Waals surface area contributed by atoms with Crippen LogP contribution in [0, 0.1) is 11.7 Å². The number of allylic oxidation sites excluding steroid dienone is 2. The quantitative estimate of drug-likeness (QED) is 0.148. The predicted octanol–water partition coefficient (Wildman–Crippen LogP) is 5.18. The van der Waals surface area contributed by atoms with Crippen molar-refractivity contribution in [3.05, 3.63) is 82.6 Å². The Morgan fingerprint density at radius 3 is 2.60 bits per heavy atom. The smallest absolute Gasteiger partial charge is 0.474 e. The van der Waals surface area contributed by atoms with E-state index in [-0.39, 0.29) is 28.8 Å². The summed E-state index contributed by atoms with van der Waals surface area (Å²) in [5, 5.41) is 12.4. The number of aromatic carboxylic acids is 1. The number of carbonyl (C=O) groups is 1. The molecule has 266 valence electrons. The molecule has 13 nitrogen and oxygen atoms in total. The lowest BCUT2D eigenvalue weighted by atomic mass is 9.99. The van der Waals surface area contributed by atoms with Gasteiger partial charge in [0.2, 0.25) is 0 Å². The first-order chi connectivity index (χ1) is 23.5. The molecule has 0 amide bonds. The van der Waals surface area contributed by atoms with Gasteiger partial charge in [-0.1, -0.05) is 12.6 Å². The molecule has 0 radical (unpaired) electrons. The molecule has 50 heavy (non-hydrogen) atoms. The third kappa shape index (κ3) is 6.71. The van der Waals surface area contributed by atoms with Gasteiger partial charge in [0.1, 0.15) is 29.6 Å². The Morgan fingerprint density at radius 1 is 1.22 bits per heavy atom. The maximum absolute atomic E-state index is 17.0. The SMILES string of the molecule is C=C(F)/C=C(/NC)c1nc2n(COP(=O)(O)OC(C)(C)C)cc(-c3ccc4ccc(C(=O)O)c(=O)n4c3)c(N3CC[C@H]4CN(C)CC43)c-2c1F. The van der Waals surface area contributed by atoms with Crippen molar-refractivity contribution in [1.29, 1.82) is 0 Å². The number of fused-ring (bicyclic) bond motifs is 3. The number of likely N-dealkylation sites (N-methyl/N-ethyl adjacent to an activating group) is 1. The molecule has 0 aliphatic carbocycles. The third-order valence-electron chi connectivity index (χ3n) is 8.90. The minimum atomic E-state index is -4.65. The van der Waals surface area contributed by atoms with E-state index in [0.717, 1.165) is 19.0 Å². The standard InChI is InChI=1S/C34H39F2N6O7P/c1-19(35)13-25(37-5)29-28(36)27-30(41-12-11-21-14-39(6)17-26(21)41)24(16-40(31(27)38-29)18-48-50(46,47)49-34(2,3)4)20-7-8-22-9-10-23(33(44)45)32(43)42(22)15-20/h7-10,13,15-16,21,26,37H,1,11-12,14,17-18H2,2-6H3,(H,44,45)(H,46,47)/b25-13+/t21-,26?/m0/s1. The van der Waals surface area contributed by atoms with Crippen LogP contribution >= 0.6 is 7.82 Å². The van der Waals surface area contributed by atoms with Crippen LogP contribution in [0.5, 0.6) is 0 Å². The summed E-state index contributed by atoms with van der Waals surface area (Å²) >= 11 is 0. The van der Waals surface area contributed by atoms with Crippen LogP contribution in [0.25, 0.3) is 33.7 Å². The van der Waals surface area contributed by atoms with Gasteiger partial charge in [0, 0.05) is 61.8 Å². The fraction of sp³-hybridized carbons (Fsp3) is 0.382. The van der Waals surface area contributed by atoms with Crippen molar-refractivity contribution in [2.75, 3.05) is 38.6 Å². The van der Waals surface area contributed by atoms with Crippen molar-refractivity contribution < 1.29 is 37.2 Å². The lowest BCUT2D eigenvalue weighted by Crippen LogP contribution is -2.35. The van der Waals surface area contributed by atoms with Gasteiger partial charge in [0.15, 0.2) is 5.82 Å². The number of rotatable bonds is 10. The molecule has 4 aliphatic rings. The molecule has 16 heteroatoms. The zero-order valence-corrected chi connectivity index (χ0v) is 29.2. The number of phosphoric acid groups is 1. The second-order valence-electron chi connectivity index (χ2n) is 13.6. The maximum Gasteiger partial charge on any atom is 0.474 e. The van der Waals surface area contributed by atoms with E-state index in [2.05, 4.69) is 26.7 Å². The zero-order chi connectivity index (χ0) is 36.3. The van der Waals surface area contributed by atoms with Crippen LogP contribution in [-0.2, 0) is 20.3 Å². The van der Waals surface area contributed by atoms with Gasteiger partial charge < -0.3 is 29.7 Å². The number of aromatic nitrogens is 3. The number of hydrogen-bond acceptors (Lipinski definition) is 9. The number of halogens is 2. The minimum absolute atomic E-state index is 0.00336. The van der Waals surface area contributed by atoms with Gasteiger partial charge in [0.05, 0.1) is 22.5 Å². The number of likely N-dealkylation sites (tertiary alicyclic amines) is 1. The fourth-order valence-corrected chi connectivity index (χ4v) is 7.95. The molecule has 0 bridgehead atoms. The van der Waals surface area contributed by atoms with E-state index in [1.165, 1.54) is 34.3 Å². The molecular weight excluding hydrogens is 673 g/mol. The summed E-state index contributed by atoms with van der Waals surface area (Å²) in [6, 6.07) is 6.11. The van der Waals surface area contributed by atoms with Crippen LogP contribution in [-0.4, -0.2) is 80.2 Å². The topological polar surface area (TPSA) is 151 Å². The molecule has 6 heterocycles. The van der Waals surface area contributed by atoms with Crippen molar-refractivity contribution in [3.63, 3.8) is 0 Å². The molecule has 4 aliphatic heterocycles. The average molecular weight is 713 g/mol. The largest absolute Gasteiger partial charge is 0.477 e. The lowest BCUT2D eigenvalue weighted by Gasteiger charge is -2.32. The van der Waals surface area contributed by atoms with E-state index < -0.39 is 48.9 Å². The highest BCUT2D eigenvalue weighted by Crippen LogP contribution is 2.50. The van der Waals surface area contributed by atoms with Crippen LogP contribution in [0.3, 0.4) is 0 Å². The number of nitrogens with one attached hydrogen (secondary N) is 1. The Labute approximate surface area is 287 Å². The third-order valence-corrected chi connectivity index (χ3v) is 10.1. The molecule has 2 unspecified atom stereocenters. The number of nitrogens with zero attached hydrogens (tertiary/aromatic N) is 5. The monoisotopic (exact) mass is 712 g/mol.